The van der Waals surface area contributed by atoms with Crippen molar-refractivity contribution in [3.05, 3.63) is 12.2 Å². The van der Waals surface area contributed by atoms with Crippen molar-refractivity contribution in [1.29, 1.82) is 0 Å². The molecule has 0 fully saturated rings. The molecule has 13 heavy (non-hydrogen) atoms. The molecule has 1 aliphatic carbocycles. The smallest absolute Gasteiger partial charge is 0.272 e. The Hall–Kier alpha value is 0.0800. The van der Waals surface area contributed by atoms with Crippen molar-refractivity contribution in [2.24, 2.45) is 0 Å². The van der Waals surface area contributed by atoms with E-state index in [2.05, 4.69) is 11.4 Å². The van der Waals surface area contributed by atoms with Gasteiger partial charge in [-0.15, -0.1) is 0 Å². The minimum atomic E-state index is -1.85. The topological polar surface area (TPSA) is 29.1 Å². The molecule has 0 unspecified atom stereocenters. The van der Waals surface area contributed by atoms with Crippen molar-refractivity contribution in [1.82, 2.24) is 5.32 Å². The molecule has 2 nitrogen and oxygen atoms in total. The molecule has 74 valence electrons. The maximum absolute atomic E-state index is 11.2. The third-order valence-corrected chi connectivity index (χ3v) is 2.38. The van der Waals surface area contributed by atoms with Crippen LogP contribution in [0.15, 0.2) is 12.2 Å². The molecule has 0 radical (unpaired) electrons. The maximum atomic E-state index is 11.2. The van der Waals surface area contributed by atoms with E-state index in [0.29, 0.717) is 0 Å². The molecule has 1 amide bonds. The summed E-state index contributed by atoms with van der Waals surface area (Å²) >= 11 is 16.2. The monoisotopic (exact) mass is 241 g/mol. The summed E-state index contributed by atoms with van der Waals surface area (Å²) < 4.78 is -1.85. The lowest BCUT2D eigenvalue weighted by molar-refractivity contribution is -0.120. The van der Waals surface area contributed by atoms with Crippen LogP contribution in [0.2, 0.25) is 0 Å². The number of amides is 1. The van der Waals surface area contributed by atoms with E-state index < -0.39 is 9.70 Å². The molecule has 0 saturated carbocycles. The molecule has 0 aromatic carbocycles. The Balaban J connectivity index is 2.40. The van der Waals surface area contributed by atoms with Crippen molar-refractivity contribution in [3.8, 4) is 0 Å². The zero-order chi connectivity index (χ0) is 9.90. The second kappa shape index (κ2) is 4.54. The van der Waals surface area contributed by atoms with Crippen LogP contribution < -0.4 is 5.32 Å². The van der Waals surface area contributed by atoms with E-state index >= 15 is 0 Å². The Kier molecular flexibility index (Phi) is 3.89. The van der Waals surface area contributed by atoms with Gasteiger partial charge in [0.15, 0.2) is 0 Å². The number of hydrogen-bond donors (Lipinski definition) is 1. The van der Waals surface area contributed by atoms with Gasteiger partial charge >= 0.3 is 0 Å². The van der Waals surface area contributed by atoms with Gasteiger partial charge in [0.05, 0.1) is 0 Å². The molecule has 0 spiro atoms. The number of halogens is 3. The van der Waals surface area contributed by atoms with E-state index in [9.17, 15) is 4.79 Å². The van der Waals surface area contributed by atoms with Crippen molar-refractivity contribution in [2.75, 3.05) is 0 Å². The summed E-state index contributed by atoms with van der Waals surface area (Å²) in [6, 6.07) is 0.105. The lowest BCUT2D eigenvalue weighted by Gasteiger charge is -2.21. The van der Waals surface area contributed by atoms with Gasteiger partial charge in [-0.05, 0) is 19.3 Å². The average Bonchev–Trinajstić information content (AvgIpc) is 2.04. The van der Waals surface area contributed by atoms with E-state index in [-0.39, 0.29) is 6.04 Å². The molecule has 0 heterocycles. The lowest BCUT2D eigenvalue weighted by atomic mass is 10.0. The van der Waals surface area contributed by atoms with Crippen LogP contribution >= 0.6 is 34.8 Å². The zero-order valence-corrected chi connectivity index (χ0v) is 9.16. The molecule has 0 aromatic heterocycles. The van der Waals surface area contributed by atoms with Gasteiger partial charge in [0.1, 0.15) is 0 Å². The summed E-state index contributed by atoms with van der Waals surface area (Å²) in [5, 5.41) is 2.67. The maximum Gasteiger partial charge on any atom is 0.272 e. The van der Waals surface area contributed by atoms with E-state index in [0.717, 1.165) is 19.3 Å². The molecule has 0 bridgehead atoms. The number of allylic oxidation sites excluding steroid dienone is 1. The molecule has 0 saturated heterocycles. The van der Waals surface area contributed by atoms with Gasteiger partial charge in [-0.25, -0.2) is 0 Å². The van der Waals surface area contributed by atoms with E-state index in [1.807, 2.05) is 6.08 Å². The van der Waals surface area contributed by atoms with Crippen LogP contribution in [0.3, 0.4) is 0 Å². The quantitative estimate of drug-likeness (QED) is 0.556. The molecule has 1 atom stereocenters. The Morgan fingerprint density at radius 3 is 2.54 bits per heavy atom. The fraction of sp³-hybridized carbons (Fsp3) is 0.625. The molecular formula is C8H10Cl3NO. The molecular weight excluding hydrogens is 232 g/mol. The number of carbonyl (C=O) groups excluding carboxylic acids is 1. The fourth-order valence-electron chi connectivity index (χ4n) is 1.19. The van der Waals surface area contributed by atoms with Gasteiger partial charge < -0.3 is 5.32 Å². The normalized spacial score (nSPS) is 22.8. The summed E-state index contributed by atoms with van der Waals surface area (Å²) in [4.78, 5) is 11.2. The highest BCUT2D eigenvalue weighted by molar-refractivity contribution is 6.76. The first-order valence-corrected chi connectivity index (χ1v) is 5.16. The number of carbonyl (C=O) groups is 1. The van der Waals surface area contributed by atoms with Crippen molar-refractivity contribution in [2.45, 2.75) is 29.1 Å². The van der Waals surface area contributed by atoms with Crippen molar-refractivity contribution >= 4 is 40.7 Å². The second-order valence-electron chi connectivity index (χ2n) is 2.95. The average molecular weight is 243 g/mol. The van der Waals surface area contributed by atoms with Crippen LogP contribution in [0, 0.1) is 0 Å². The van der Waals surface area contributed by atoms with Crippen LogP contribution in [-0.2, 0) is 4.79 Å². The second-order valence-corrected chi connectivity index (χ2v) is 5.23. The van der Waals surface area contributed by atoms with Crippen LogP contribution in [0.4, 0.5) is 0 Å². The number of hydrogen-bond acceptors (Lipinski definition) is 1. The van der Waals surface area contributed by atoms with E-state index in [4.69, 9.17) is 34.8 Å². The molecule has 1 aliphatic rings. The van der Waals surface area contributed by atoms with Crippen molar-refractivity contribution < 1.29 is 4.79 Å². The Bertz CT molecular complexity index is 222. The van der Waals surface area contributed by atoms with Gasteiger partial charge in [0.25, 0.3) is 9.70 Å². The molecule has 0 aromatic rings. The van der Waals surface area contributed by atoms with Gasteiger partial charge in [0.2, 0.25) is 0 Å². The summed E-state index contributed by atoms with van der Waals surface area (Å²) in [5.41, 5.74) is 0. The third-order valence-electron chi connectivity index (χ3n) is 1.86. The predicted molar refractivity (Wildman–Crippen MR) is 55.2 cm³/mol. The predicted octanol–water partition coefficient (Wildman–Crippen LogP) is 2.58. The van der Waals surface area contributed by atoms with E-state index in [1.54, 1.807) is 0 Å². The van der Waals surface area contributed by atoms with Crippen LogP contribution in [0.1, 0.15) is 19.3 Å². The summed E-state index contributed by atoms with van der Waals surface area (Å²) in [7, 11) is 0. The molecule has 1 N–H and O–H groups in total. The summed E-state index contributed by atoms with van der Waals surface area (Å²) in [6.45, 7) is 0. The number of alkyl halides is 3. The highest BCUT2D eigenvalue weighted by Crippen LogP contribution is 2.26. The van der Waals surface area contributed by atoms with Crippen molar-refractivity contribution in [3.63, 3.8) is 0 Å². The Morgan fingerprint density at radius 2 is 2.08 bits per heavy atom. The van der Waals surface area contributed by atoms with Gasteiger partial charge in [-0.2, -0.15) is 0 Å². The zero-order valence-electron chi connectivity index (χ0n) is 6.90. The van der Waals surface area contributed by atoms with Crippen LogP contribution in [-0.4, -0.2) is 15.7 Å². The summed E-state index contributed by atoms with van der Waals surface area (Å²) in [5.74, 6) is -0.544. The highest BCUT2D eigenvalue weighted by Gasteiger charge is 2.31. The first-order valence-electron chi connectivity index (χ1n) is 4.03. The van der Waals surface area contributed by atoms with Gasteiger partial charge in [-0.1, -0.05) is 47.0 Å². The van der Waals surface area contributed by atoms with Crippen LogP contribution in [0.25, 0.3) is 0 Å². The lowest BCUT2D eigenvalue weighted by Crippen LogP contribution is -2.41. The first kappa shape index (κ1) is 11.2. The highest BCUT2D eigenvalue weighted by atomic mass is 35.6. The van der Waals surface area contributed by atoms with Gasteiger partial charge in [-0.3, -0.25) is 4.79 Å². The molecule has 1 rings (SSSR count). The minimum Gasteiger partial charge on any atom is -0.349 e. The Morgan fingerprint density at radius 1 is 1.38 bits per heavy atom. The third kappa shape index (κ3) is 3.75. The first-order chi connectivity index (χ1) is 6.00. The fourth-order valence-corrected chi connectivity index (χ4v) is 1.36. The number of rotatable bonds is 1. The SMILES string of the molecule is O=C(N[C@@H]1CC=CCC1)C(Cl)(Cl)Cl. The summed E-state index contributed by atoms with van der Waals surface area (Å²) in [6.07, 6.45) is 6.78. The Labute approximate surface area is 92.2 Å². The largest absolute Gasteiger partial charge is 0.349 e. The minimum absolute atomic E-state index is 0.105. The number of nitrogens with one attached hydrogen (secondary N) is 1. The van der Waals surface area contributed by atoms with Crippen LogP contribution in [0.5, 0.6) is 0 Å². The molecule has 0 aliphatic heterocycles. The standard InChI is InChI=1S/C8H10Cl3NO/c9-8(10,11)7(13)12-6-4-2-1-3-5-6/h1-2,6H,3-5H2,(H,12,13)/t6-/m1/s1. The van der Waals surface area contributed by atoms with Gasteiger partial charge in [0, 0.05) is 6.04 Å². The van der Waals surface area contributed by atoms with E-state index in [1.165, 1.54) is 0 Å². The molecule has 5 heteroatoms.